The summed E-state index contributed by atoms with van der Waals surface area (Å²) in [6.45, 7) is 4.51. The molecule has 1 fully saturated rings. The lowest BCUT2D eigenvalue weighted by Gasteiger charge is -2.26. The maximum absolute atomic E-state index is 5.99. The van der Waals surface area contributed by atoms with Crippen LogP contribution in [0.2, 0.25) is 0 Å². The third-order valence-corrected chi connectivity index (χ3v) is 2.26. The second-order valence-electron chi connectivity index (χ2n) is 2.59. The van der Waals surface area contributed by atoms with Crippen LogP contribution in [0.15, 0.2) is 12.7 Å². The lowest BCUT2D eigenvalue weighted by atomic mass is 10.1. The van der Waals surface area contributed by atoms with Crippen molar-refractivity contribution < 1.29 is 4.74 Å². The Balaban J connectivity index is 2.32. The molecule has 0 N–H and O–H groups in total. The summed E-state index contributed by atoms with van der Waals surface area (Å²) in [6.07, 6.45) is 5.15. The van der Waals surface area contributed by atoms with E-state index in [0.717, 1.165) is 25.9 Å². The van der Waals surface area contributed by atoms with Crippen molar-refractivity contribution in [2.45, 2.75) is 30.7 Å². The Kier molecular flexibility index (Phi) is 3.23. The molecule has 2 atom stereocenters. The fourth-order valence-corrected chi connectivity index (χ4v) is 1.51. The first-order chi connectivity index (χ1) is 4.84. The average Bonchev–Trinajstić information content (AvgIpc) is 1.94. The minimum atomic E-state index is 0.201. The lowest BCUT2D eigenvalue weighted by molar-refractivity contribution is 0.0218. The molecule has 1 aliphatic heterocycles. The van der Waals surface area contributed by atoms with Crippen LogP contribution in [0, 0.1) is 0 Å². The first kappa shape index (κ1) is 8.09. The highest BCUT2D eigenvalue weighted by Gasteiger charge is 2.21. The molecule has 0 aliphatic carbocycles. The van der Waals surface area contributed by atoms with Crippen LogP contribution in [0.1, 0.15) is 19.3 Å². The Morgan fingerprint density at radius 1 is 1.70 bits per heavy atom. The molecule has 2 heteroatoms. The summed E-state index contributed by atoms with van der Waals surface area (Å²) < 4.78 is 5.43. The fraction of sp³-hybridized carbons (Fsp3) is 0.750. The van der Waals surface area contributed by atoms with E-state index in [-0.39, 0.29) is 11.5 Å². The molecule has 58 valence electrons. The first-order valence-electron chi connectivity index (χ1n) is 3.71. The number of halogens is 1. The summed E-state index contributed by atoms with van der Waals surface area (Å²) in [7, 11) is 0. The van der Waals surface area contributed by atoms with Crippen molar-refractivity contribution >= 4 is 11.6 Å². The molecule has 1 rings (SSSR count). The van der Waals surface area contributed by atoms with Gasteiger partial charge in [-0.3, -0.25) is 0 Å². The zero-order chi connectivity index (χ0) is 7.40. The van der Waals surface area contributed by atoms with E-state index in [1.165, 1.54) is 0 Å². The summed E-state index contributed by atoms with van der Waals surface area (Å²) in [5.74, 6) is 0. The molecule has 0 amide bonds. The summed E-state index contributed by atoms with van der Waals surface area (Å²) >= 11 is 5.99. The van der Waals surface area contributed by atoms with E-state index in [1.807, 2.05) is 6.08 Å². The number of hydrogen-bond acceptors (Lipinski definition) is 1. The van der Waals surface area contributed by atoms with Crippen molar-refractivity contribution in [2.24, 2.45) is 0 Å². The lowest BCUT2D eigenvalue weighted by Crippen LogP contribution is -2.29. The Hall–Kier alpha value is -0.0100. The molecule has 1 aliphatic rings. The monoisotopic (exact) mass is 160 g/mol. The Morgan fingerprint density at radius 3 is 3.10 bits per heavy atom. The van der Waals surface area contributed by atoms with E-state index in [4.69, 9.17) is 16.3 Å². The van der Waals surface area contributed by atoms with Crippen LogP contribution in [-0.4, -0.2) is 18.1 Å². The normalized spacial score (nSPS) is 33.7. The molecule has 1 heterocycles. The molecule has 10 heavy (non-hydrogen) atoms. The third-order valence-electron chi connectivity index (χ3n) is 1.76. The highest BCUT2D eigenvalue weighted by Crippen LogP contribution is 2.21. The van der Waals surface area contributed by atoms with Gasteiger partial charge in [0.2, 0.25) is 0 Å². The van der Waals surface area contributed by atoms with E-state index in [9.17, 15) is 0 Å². The summed E-state index contributed by atoms with van der Waals surface area (Å²) in [5, 5.41) is 0.201. The van der Waals surface area contributed by atoms with Crippen molar-refractivity contribution in [3.05, 3.63) is 12.7 Å². The van der Waals surface area contributed by atoms with Gasteiger partial charge >= 0.3 is 0 Å². The van der Waals surface area contributed by atoms with Gasteiger partial charge in [-0.2, -0.15) is 0 Å². The molecule has 0 saturated carbocycles. The zero-order valence-electron chi connectivity index (χ0n) is 6.05. The summed E-state index contributed by atoms with van der Waals surface area (Å²) in [6, 6.07) is 0. The van der Waals surface area contributed by atoms with Crippen molar-refractivity contribution in [3.63, 3.8) is 0 Å². The molecule has 0 radical (unpaired) electrons. The van der Waals surface area contributed by atoms with Crippen LogP contribution < -0.4 is 0 Å². The van der Waals surface area contributed by atoms with Gasteiger partial charge in [0.25, 0.3) is 0 Å². The molecule has 2 unspecified atom stereocenters. The molecule has 0 aromatic carbocycles. The van der Waals surface area contributed by atoms with Gasteiger partial charge in [0.1, 0.15) is 0 Å². The van der Waals surface area contributed by atoms with E-state index in [2.05, 4.69) is 6.58 Å². The average molecular weight is 161 g/mol. The van der Waals surface area contributed by atoms with Gasteiger partial charge in [-0.25, -0.2) is 0 Å². The van der Waals surface area contributed by atoms with Gasteiger partial charge in [0.15, 0.2) is 0 Å². The minimum Gasteiger partial charge on any atom is -0.376 e. The maximum atomic E-state index is 5.99. The van der Waals surface area contributed by atoms with E-state index >= 15 is 0 Å². The zero-order valence-corrected chi connectivity index (χ0v) is 6.81. The van der Waals surface area contributed by atoms with Gasteiger partial charge < -0.3 is 4.74 Å². The van der Waals surface area contributed by atoms with Crippen molar-refractivity contribution in [1.29, 1.82) is 0 Å². The number of hydrogen-bond donors (Lipinski definition) is 0. The van der Waals surface area contributed by atoms with E-state index in [1.54, 1.807) is 0 Å². The number of alkyl halides is 1. The van der Waals surface area contributed by atoms with Crippen LogP contribution in [0.4, 0.5) is 0 Å². The molecule has 0 aromatic heterocycles. The molecule has 0 bridgehead atoms. The number of rotatable bonds is 2. The highest BCUT2D eigenvalue weighted by atomic mass is 35.5. The molecule has 0 spiro atoms. The Morgan fingerprint density at radius 2 is 2.50 bits per heavy atom. The molecular formula is C8H13ClO. The van der Waals surface area contributed by atoms with Gasteiger partial charge in [-0.15, -0.1) is 18.2 Å². The molecule has 1 nitrogen and oxygen atoms in total. The van der Waals surface area contributed by atoms with Crippen LogP contribution in [0.3, 0.4) is 0 Å². The van der Waals surface area contributed by atoms with Crippen molar-refractivity contribution in [3.8, 4) is 0 Å². The summed E-state index contributed by atoms with van der Waals surface area (Å²) in [5.41, 5.74) is 0. The Labute approximate surface area is 67.0 Å². The first-order valence-corrected chi connectivity index (χ1v) is 4.15. The second kappa shape index (κ2) is 3.99. The Bertz CT molecular complexity index is 114. The highest BCUT2D eigenvalue weighted by molar-refractivity contribution is 6.21. The predicted octanol–water partition coefficient (Wildman–Crippen LogP) is 2.35. The molecule has 1 saturated heterocycles. The quantitative estimate of drug-likeness (QED) is 0.445. The predicted molar refractivity (Wildman–Crippen MR) is 43.4 cm³/mol. The largest absolute Gasteiger partial charge is 0.376 e. The van der Waals surface area contributed by atoms with Crippen LogP contribution in [0.5, 0.6) is 0 Å². The smallest absolute Gasteiger partial charge is 0.0772 e. The fourth-order valence-electron chi connectivity index (χ4n) is 1.18. The summed E-state index contributed by atoms with van der Waals surface area (Å²) in [4.78, 5) is 0. The SMILES string of the molecule is C=CCC1OCCCC1Cl. The van der Waals surface area contributed by atoms with Crippen molar-refractivity contribution in [1.82, 2.24) is 0 Å². The van der Waals surface area contributed by atoms with Crippen molar-refractivity contribution in [2.75, 3.05) is 6.61 Å². The van der Waals surface area contributed by atoms with E-state index < -0.39 is 0 Å². The van der Waals surface area contributed by atoms with Crippen LogP contribution in [-0.2, 0) is 4.74 Å². The number of ether oxygens (including phenoxy) is 1. The minimum absolute atomic E-state index is 0.201. The van der Waals surface area contributed by atoms with Gasteiger partial charge in [0, 0.05) is 6.61 Å². The second-order valence-corrected chi connectivity index (χ2v) is 3.15. The van der Waals surface area contributed by atoms with Crippen LogP contribution >= 0.6 is 11.6 Å². The van der Waals surface area contributed by atoms with Crippen LogP contribution in [0.25, 0.3) is 0 Å². The molecular weight excluding hydrogens is 148 g/mol. The van der Waals surface area contributed by atoms with E-state index in [0.29, 0.717) is 0 Å². The topological polar surface area (TPSA) is 9.23 Å². The van der Waals surface area contributed by atoms with Gasteiger partial charge in [0.05, 0.1) is 11.5 Å². The van der Waals surface area contributed by atoms with Gasteiger partial charge in [-0.05, 0) is 19.3 Å². The standard InChI is InChI=1S/C8H13ClO/c1-2-4-8-7(9)5-3-6-10-8/h2,7-8H,1,3-6H2. The molecule has 0 aromatic rings. The maximum Gasteiger partial charge on any atom is 0.0772 e. The van der Waals surface area contributed by atoms with Gasteiger partial charge in [-0.1, -0.05) is 6.08 Å². The third kappa shape index (κ3) is 1.99.